The van der Waals surface area contributed by atoms with Crippen molar-refractivity contribution in [3.05, 3.63) is 52.4 Å². The molecule has 2 aromatic heterocycles. The third kappa shape index (κ3) is 7.56. The molecule has 12 nitrogen and oxygen atoms in total. The number of halogens is 2. The van der Waals surface area contributed by atoms with Crippen LogP contribution in [0, 0.1) is 18.7 Å². The number of hydrogen-bond acceptors (Lipinski definition) is 10. The molecule has 0 bridgehead atoms. The number of amides is 1. The Morgan fingerprint density at radius 2 is 1.86 bits per heavy atom. The van der Waals surface area contributed by atoms with Crippen LogP contribution < -0.4 is 15.5 Å². The van der Waals surface area contributed by atoms with Crippen molar-refractivity contribution in [1.82, 2.24) is 29.5 Å². The van der Waals surface area contributed by atoms with Crippen molar-refractivity contribution in [1.29, 1.82) is 0 Å². The number of likely N-dealkylation sites (N-methyl/N-ethyl adjacent to an activating group) is 1. The number of anilines is 4. The topological polar surface area (TPSA) is 121 Å². The fourth-order valence-corrected chi connectivity index (χ4v) is 5.41. The van der Waals surface area contributed by atoms with Crippen molar-refractivity contribution in [2.24, 2.45) is 5.92 Å². The number of nitrogens with one attached hydrogen (secondary N) is 2. The zero-order valence-corrected chi connectivity index (χ0v) is 26.3. The average Bonchev–Trinajstić information content (AvgIpc) is 3.61. The third-order valence-electron chi connectivity index (χ3n) is 7.68. The van der Waals surface area contributed by atoms with Gasteiger partial charge in [0.25, 0.3) is 5.91 Å². The van der Waals surface area contributed by atoms with E-state index in [-0.39, 0.29) is 28.5 Å². The number of carbonyl (C=O) groups is 2. The number of ether oxygens (including phenoxy) is 1. The summed E-state index contributed by atoms with van der Waals surface area (Å²) in [7, 11) is 0. The van der Waals surface area contributed by atoms with E-state index in [2.05, 4.69) is 32.5 Å². The Bertz CT molecular complexity index is 1490. The molecule has 1 aromatic carbocycles. The zero-order valence-electron chi connectivity index (χ0n) is 25.5. The van der Waals surface area contributed by atoms with Gasteiger partial charge in [0.05, 0.1) is 12.2 Å². The van der Waals surface area contributed by atoms with Crippen LogP contribution in [0.2, 0.25) is 5.02 Å². The smallest absolute Gasteiger partial charge is 0.434 e. The molecule has 3 aromatic rings. The van der Waals surface area contributed by atoms with Gasteiger partial charge >= 0.3 is 6.09 Å². The Morgan fingerprint density at radius 1 is 1.09 bits per heavy atom. The molecule has 0 spiro atoms. The van der Waals surface area contributed by atoms with Crippen LogP contribution in [0.3, 0.4) is 0 Å². The number of rotatable bonds is 9. The van der Waals surface area contributed by atoms with Gasteiger partial charge in [0.2, 0.25) is 5.95 Å². The summed E-state index contributed by atoms with van der Waals surface area (Å²) < 4.78 is 21.0. The largest absolute Gasteiger partial charge is 0.448 e. The minimum atomic E-state index is -0.639. The molecule has 0 unspecified atom stereocenters. The Kier molecular flexibility index (Phi) is 9.84. The second-order valence-corrected chi connectivity index (χ2v) is 12.0. The molecule has 1 atom stereocenters. The van der Waals surface area contributed by atoms with E-state index < -0.39 is 11.9 Å². The Labute approximate surface area is 261 Å². The lowest BCUT2D eigenvalue weighted by Gasteiger charge is -2.35. The number of benzene rings is 1. The minimum Gasteiger partial charge on any atom is -0.448 e. The lowest BCUT2D eigenvalue weighted by Crippen LogP contribution is -2.46. The number of nitrogens with zero attached hydrogens (tertiary/aromatic N) is 7. The normalized spacial score (nSPS) is 17.3. The molecule has 2 N–H and O–H groups in total. The van der Waals surface area contributed by atoms with Gasteiger partial charge in [-0.15, -0.1) is 5.10 Å². The minimum absolute atomic E-state index is 0.00572. The summed E-state index contributed by atoms with van der Waals surface area (Å²) in [4.78, 5) is 41.3. The van der Waals surface area contributed by atoms with Crippen LogP contribution in [0.5, 0.6) is 0 Å². The molecule has 2 saturated heterocycles. The Morgan fingerprint density at radius 3 is 2.57 bits per heavy atom. The fraction of sp³-hybridized carbons (Fsp3) is 0.500. The molecular formula is C30H39ClFN9O3. The van der Waals surface area contributed by atoms with Gasteiger partial charge in [-0.1, -0.05) is 32.4 Å². The van der Waals surface area contributed by atoms with Gasteiger partial charge in [-0.05, 0) is 44.0 Å². The first-order valence-electron chi connectivity index (χ1n) is 15.0. The summed E-state index contributed by atoms with van der Waals surface area (Å²) in [6.45, 7) is 13.5. The van der Waals surface area contributed by atoms with Gasteiger partial charge in [0, 0.05) is 68.2 Å². The molecule has 14 heteroatoms. The summed E-state index contributed by atoms with van der Waals surface area (Å²) >= 11 is 5.86. The Balaban J connectivity index is 1.33. The third-order valence-corrected chi connectivity index (χ3v) is 7.92. The first-order valence-corrected chi connectivity index (χ1v) is 15.4. The van der Waals surface area contributed by atoms with Crippen LogP contribution in [-0.2, 0) is 4.74 Å². The highest BCUT2D eigenvalue weighted by molar-refractivity contribution is 6.30. The number of hydrogen-bond donors (Lipinski definition) is 2. The molecule has 2 fully saturated rings. The Hall–Kier alpha value is -3.97. The lowest BCUT2D eigenvalue weighted by molar-refractivity contribution is 0.0787. The van der Waals surface area contributed by atoms with Crippen molar-refractivity contribution in [3.8, 4) is 0 Å². The van der Waals surface area contributed by atoms with Gasteiger partial charge in [0.15, 0.2) is 5.82 Å². The molecule has 0 saturated carbocycles. The zero-order chi connectivity index (χ0) is 31.4. The number of aromatic nitrogens is 4. The SMILES string of the molecule is CCN1CCN(c2cc(Nc3cc(C)n(C(=O)OCC(C)C)n3)nc(N[C@H]3CCN(C(=O)c4ccc(Cl)cc4F)C3)n2)CC1. The van der Waals surface area contributed by atoms with Gasteiger partial charge in [0.1, 0.15) is 17.5 Å². The van der Waals surface area contributed by atoms with Crippen molar-refractivity contribution in [2.75, 3.05) is 68.0 Å². The van der Waals surface area contributed by atoms with Crippen molar-refractivity contribution >= 4 is 47.0 Å². The van der Waals surface area contributed by atoms with Gasteiger partial charge in [-0.3, -0.25) is 4.79 Å². The maximum atomic E-state index is 14.4. The summed E-state index contributed by atoms with van der Waals surface area (Å²) in [6, 6.07) is 7.56. The molecule has 0 radical (unpaired) electrons. The standard InChI is InChI=1S/C30H39ClFN9O3/c1-5-38-10-12-39(13-11-38)27-16-25(34-26-14-20(4)41(37-26)30(43)44-18-19(2)3)35-29(36-27)33-22-8-9-40(17-22)28(42)23-7-6-21(31)15-24(23)32/h6-7,14-16,19,22H,5,8-13,17-18H2,1-4H3,(H2,33,34,35,36,37)/t22-/m0/s1. The molecule has 1 amide bonds. The maximum absolute atomic E-state index is 14.4. The van der Waals surface area contributed by atoms with E-state index in [1.165, 1.54) is 16.8 Å². The van der Waals surface area contributed by atoms with E-state index in [0.717, 1.165) is 44.6 Å². The van der Waals surface area contributed by atoms with E-state index in [1.807, 2.05) is 19.9 Å². The molecule has 2 aliphatic rings. The molecule has 0 aliphatic carbocycles. The summed E-state index contributed by atoms with van der Waals surface area (Å²) in [5, 5.41) is 11.2. The second kappa shape index (κ2) is 13.8. The van der Waals surface area contributed by atoms with E-state index in [4.69, 9.17) is 26.3 Å². The van der Waals surface area contributed by atoms with Gasteiger partial charge in [-0.2, -0.15) is 14.6 Å². The molecule has 5 rings (SSSR count). The van der Waals surface area contributed by atoms with Crippen molar-refractivity contribution in [3.63, 3.8) is 0 Å². The molecule has 4 heterocycles. The highest BCUT2D eigenvalue weighted by Crippen LogP contribution is 2.25. The highest BCUT2D eigenvalue weighted by Gasteiger charge is 2.29. The molecule has 44 heavy (non-hydrogen) atoms. The number of carbonyl (C=O) groups excluding carboxylic acids is 2. The van der Waals surface area contributed by atoms with Crippen molar-refractivity contribution in [2.45, 2.75) is 40.2 Å². The van der Waals surface area contributed by atoms with Gasteiger partial charge in [-0.25, -0.2) is 9.18 Å². The quantitative estimate of drug-likeness (QED) is 0.347. The summed E-state index contributed by atoms with van der Waals surface area (Å²) in [5.41, 5.74) is 0.617. The van der Waals surface area contributed by atoms with Crippen LogP contribution >= 0.6 is 11.6 Å². The first-order chi connectivity index (χ1) is 21.1. The van der Waals surface area contributed by atoms with E-state index in [9.17, 15) is 14.0 Å². The highest BCUT2D eigenvalue weighted by atomic mass is 35.5. The number of likely N-dealkylation sites (tertiary alicyclic amines) is 1. The molecule has 236 valence electrons. The summed E-state index contributed by atoms with van der Waals surface area (Å²) in [6.07, 6.45) is 0.108. The van der Waals surface area contributed by atoms with Crippen LogP contribution in [0.15, 0.2) is 30.3 Å². The number of piperazine rings is 1. The van der Waals surface area contributed by atoms with E-state index in [1.54, 1.807) is 17.9 Å². The lowest BCUT2D eigenvalue weighted by atomic mass is 10.2. The van der Waals surface area contributed by atoms with Gasteiger partial charge < -0.3 is 30.1 Å². The first kappa shape index (κ1) is 31.5. The maximum Gasteiger partial charge on any atom is 0.434 e. The second-order valence-electron chi connectivity index (χ2n) is 11.5. The van der Waals surface area contributed by atoms with Crippen LogP contribution in [-0.4, -0.2) is 100 Å². The molecular weight excluding hydrogens is 589 g/mol. The predicted molar refractivity (Wildman–Crippen MR) is 168 cm³/mol. The van der Waals surface area contributed by atoms with Crippen molar-refractivity contribution < 1.29 is 18.7 Å². The molecule has 2 aliphatic heterocycles. The van der Waals surface area contributed by atoms with Crippen LogP contribution in [0.1, 0.15) is 43.2 Å². The van der Waals surface area contributed by atoms with Crippen LogP contribution in [0.4, 0.5) is 32.6 Å². The van der Waals surface area contributed by atoms with E-state index in [0.29, 0.717) is 49.4 Å². The van der Waals surface area contributed by atoms with Crippen LogP contribution in [0.25, 0.3) is 0 Å². The predicted octanol–water partition coefficient (Wildman–Crippen LogP) is 4.63. The average molecular weight is 628 g/mol. The number of aryl methyl sites for hydroxylation is 1. The fourth-order valence-electron chi connectivity index (χ4n) is 5.25. The monoisotopic (exact) mass is 627 g/mol. The summed E-state index contributed by atoms with van der Waals surface area (Å²) in [5.74, 6) is 1.28. The van der Waals surface area contributed by atoms with E-state index >= 15 is 0 Å².